The minimum Gasteiger partial charge on any atom is -0.478 e. The number of hydrogen-bond acceptors (Lipinski definition) is 2. The average molecular weight is 297 g/mol. The topological polar surface area (TPSA) is 50.4 Å². The molecule has 0 bridgehead atoms. The second-order valence-electron chi connectivity index (χ2n) is 3.92. The molecule has 1 aromatic heterocycles. The monoisotopic (exact) mass is 296 g/mol. The Morgan fingerprint density at radius 1 is 1.29 bits per heavy atom. The highest BCUT2D eigenvalue weighted by Gasteiger charge is 2.08. The van der Waals surface area contributed by atoms with Gasteiger partial charge in [0.05, 0.1) is 5.56 Å². The summed E-state index contributed by atoms with van der Waals surface area (Å²) in [6, 6.07) is 6.94. The molecule has 0 aliphatic carbocycles. The van der Waals surface area contributed by atoms with Crippen LogP contribution in [0.15, 0.2) is 28.7 Å². The first-order chi connectivity index (χ1) is 8.20. The molecule has 3 nitrogen and oxygen atoms in total. The Balaban J connectivity index is 2.21. The van der Waals surface area contributed by atoms with Crippen molar-refractivity contribution >= 4 is 32.9 Å². The number of furan rings is 1. The van der Waals surface area contributed by atoms with Gasteiger partial charge in [0.15, 0.2) is 0 Å². The van der Waals surface area contributed by atoms with Gasteiger partial charge in [-0.1, -0.05) is 22.0 Å². The Bertz CT molecular complexity index is 530. The molecule has 1 heterocycles. The zero-order chi connectivity index (χ0) is 12.3. The lowest BCUT2D eigenvalue weighted by Gasteiger charge is -1.94. The van der Waals surface area contributed by atoms with Crippen molar-refractivity contribution in [3.63, 3.8) is 0 Å². The lowest BCUT2D eigenvalue weighted by atomic mass is 10.1. The van der Waals surface area contributed by atoms with Crippen LogP contribution < -0.4 is 0 Å². The summed E-state index contributed by atoms with van der Waals surface area (Å²) in [5.74, 6) is -0.00683. The molecule has 0 saturated heterocycles. The molecule has 17 heavy (non-hydrogen) atoms. The van der Waals surface area contributed by atoms with Crippen molar-refractivity contribution in [1.29, 1.82) is 0 Å². The molecule has 4 heteroatoms. The third-order valence-corrected chi connectivity index (χ3v) is 3.19. The van der Waals surface area contributed by atoms with Crippen LogP contribution in [0, 0.1) is 0 Å². The van der Waals surface area contributed by atoms with Gasteiger partial charge in [0.2, 0.25) is 0 Å². The van der Waals surface area contributed by atoms with Gasteiger partial charge in [-0.05, 0) is 31.0 Å². The highest BCUT2D eigenvalue weighted by Crippen LogP contribution is 2.22. The molecule has 0 aliphatic heterocycles. The van der Waals surface area contributed by atoms with Crippen LogP contribution in [0.3, 0.4) is 0 Å². The average Bonchev–Trinajstić information content (AvgIpc) is 2.70. The Morgan fingerprint density at radius 3 is 2.82 bits per heavy atom. The Morgan fingerprint density at radius 2 is 2.12 bits per heavy atom. The van der Waals surface area contributed by atoms with Crippen molar-refractivity contribution in [2.75, 3.05) is 5.33 Å². The first kappa shape index (κ1) is 12.2. The molecule has 0 fully saturated rings. The van der Waals surface area contributed by atoms with Crippen LogP contribution in [-0.2, 0) is 6.42 Å². The quantitative estimate of drug-likeness (QED) is 0.673. The van der Waals surface area contributed by atoms with Crippen molar-refractivity contribution in [3.05, 3.63) is 35.6 Å². The highest BCUT2D eigenvalue weighted by atomic mass is 79.9. The van der Waals surface area contributed by atoms with E-state index in [9.17, 15) is 4.79 Å². The minimum atomic E-state index is -0.927. The summed E-state index contributed by atoms with van der Waals surface area (Å²) in [5.41, 5.74) is 0.914. The smallest absolute Gasteiger partial charge is 0.335 e. The Labute approximate surface area is 108 Å². The third kappa shape index (κ3) is 2.88. The first-order valence-electron chi connectivity index (χ1n) is 5.52. The maximum Gasteiger partial charge on any atom is 0.335 e. The van der Waals surface area contributed by atoms with E-state index in [0.29, 0.717) is 5.58 Å². The molecule has 2 aromatic rings. The number of carboxylic acid groups (broad SMARTS) is 1. The molecule has 1 N–H and O–H groups in total. The van der Waals surface area contributed by atoms with E-state index in [1.807, 2.05) is 6.07 Å². The number of rotatable bonds is 5. The summed E-state index contributed by atoms with van der Waals surface area (Å²) in [6.45, 7) is 0. The van der Waals surface area contributed by atoms with Crippen molar-refractivity contribution in [2.45, 2.75) is 19.3 Å². The van der Waals surface area contributed by atoms with Gasteiger partial charge in [0, 0.05) is 17.1 Å². The molecule has 0 saturated carbocycles. The maximum atomic E-state index is 10.8. The summed E-state index contributed by atoms with van der Waals surface area (Å²) in [4.78, 5) is 10.8. The van der Waals surface area contributed by atoms with Crippen molar-refractivity contribution in [1.82, 2.24) is 0 Å². The van der Waals surface area contributed by atoms with Gasteiger partial charge in [0.25, 0.3) is 0 Å². The molecule has 1 aromatic carbocycles. The van der Waals surface area contributed by atoms with E-state index in [1.54, 1.807) is 18.2 Å². The number of aromatic carboxylic acids is 1. The van der Waals surface area contributed by atoms with Crippen molar-refractivity contribution < 1.29 is 14.3 Å². The summed E-state index contributed by atoms with van der Waals surface area (Å²) >= 11 is 3.39. The van der Waals surface area contributed by atoms with Gasteiger partial charge in [0.1, 0.15) is 11.3 Å². The molecule has 90 valence electrons. The number of alkyl halides is 1. The molecule has 0 aliphatic rings. The fraction of sp³-hybridized carbons (Fsp3) is 0.308. The molecular formula is C13H13BrO3. The number of halogens is 1. The highest BCUT2D eigenvalue weighted by molar-refractivity contribution is 9.09. The van der Waals surface area contributed by atoms with Crippen LogP contribution in [0.1, 0.15) is 29.0 Å². The molecule has 0 atom stereocenters. The van der Waals surface area contributed by atoms with Crippen molar-refractivity contribution in [2.24, 2.45) is 0 Å². The zero-order valence-corrected chi connectivity index (χ0v) is 10.9. The van der Waals surface area contributed by atoms with E-state index in [2.05, 4.69) is 15.9 Å². The van der Waals surface area contributed by atoms with E-state index in [0.717, 1.165) is 35.7 Å². The number of hydrogen-bond donors (Lipinski definition) is 1. The summed E-state index contributed by atoms with van der Waals surface area (Å²) < 4.78 is 5.63. The number of carbonyl (C=O) groups is 1. The van der Waals surface area contributed by atoms with Gasteiger partial charge in [-0.15, -0.1) is 0 Å². The second kappa shape index (κ2) is 5.36. The largest absolute Gasteiger partial charge is 0.478 e. The number of aryl methyl sites for hydroxylation is 1. The van der Waals surface area contributed by atoms with E-state index < -0.39 is 5.97 Å². The number of benzene rings is 1. The van der Waals surface area contributed by atoms with Crippen LogP contribution in [-0.4, -0.2) is 16.4 Å². The summed E-state index contributed by atoms with van der Waals surface area (Å²) in [7, 11) is 0. The predicted octanol–water partition coefficient (Wildman–Crippen LogP) is 3.85. The lowest BCUT2D eigenvalue weighted by molar-refractivity contribution is 0.0697. The van der Waals surface area contributed by atoms with Crippen LogP contribution in [0.25, 0.3) is 11.0 Å². The summed E-state index contributed by atoms with van der Waals surface area (Å²) in [6.07, 6.45) is 3.07. The van der Waals surface area contributed by atoms with E-state index in [-0.39, 0.29) is 5.56 Å². The Kier molecular flexibility index (Phi) is 3.84. The van der Waals surface area contributed by atoms with E-state index in [4.69, 9.17) is 9.52 Å². The SMILES string of the molecule is O=C(O)c1ccc2cc(CCCCBr)oc2c1. The minimum absolute atomic E-state index is 0.263. The Hall–Kier alpha value is -1.29. The summed E-state index contributed by atoms with van der Waals surface area (Å²) in [5, 5.41) is 10.8. The first-order valence-corrected chi connectivity index (χ1v) is 6.64. The lowest BCUT2D eigenvalue weighted by Crippen LogP contribution is -1.94. The second-order valence-corrected chi connectivity index (χ2v) is 4.71. The molecular weight excluding hydrogens is 284 g/mol. The standard InChI is InChI=1S/C13H13BrO3/c14-6-2-1-3-11-7-9-4-5-10(13(15)16)8-12(9)17-11/h4-5,7-8H,1-3,6H2,(H,15,16). The van der Waals surface area contributed by atoms with Crippen LogP contribution in [0.5, 0.6) is 0 Å². The number of carboxylic acids is 1. The normalized spacial score (nSPS) is 10.9. The molecule has 0 radical (unpaired) electrons. The van der Waals surface area contributed by atoms with Gasteiger partial charge in [-0.3, -0.25) is 0 Å². The van der Waals surface area contributed by atoms with Crippen LogP contribution in [0.2, 0.25) is 0 Å². The van der Waals surface area contributed by atoms with E-state index >= 15 is 0 Å². The fourth-order valence-electron chi connectivity index (χ4n) is 1.74. The third-order valence-electron chi connectivity index (χ3n) is 2.62. The van der Waals surface area contributed by atoms with Crippen LogP contribution in [0.4, 0.5) is 0 Å². The zero-order valence-electron chi connectivity index (χ0n) is 9.28. The molecule has 2 rings (SSSR count). The fourth-order valence-corrected chi connectivity index (χ4v) is 2.13. The van der Waals surface area contributed by atoms with Gasteiger partial charge >= 0.3 is 5.97 Å². The molecule has 0 unspecified atom stereocenters. The maximum absolute atomic E-state index is 10.8. The van der Waals surface area contributed by atoms with Crippen LogP contribution >= 0.6 is 15.9 Å². The van der Waals surface area contributed by atoms with Gasteiger partial charge < -0.3 is 9.52 Å². The molecule has 0 amide bonds. The van der Waals surface area contributed by atoms with Gasteiger partial charge in [-0.25, -0.2) is 4.79 Å². The number of fused-ring (bicyclic) bond motifs is 1. The number of unbranched alkanes of at least 4 members (excludes halogenated alkanes) is 1. The predicted molar refractivity (Wildman–Crippen MR) is 69.9 cm³/mol. The van der Waals surface area contributed by atoms with Gasteiger partial charge in [-0.2, -0.15) is 0 Å². The van der Waals surface area contributed by atoms with E-state index in [1.165, 1.54) is 0 Å². The molecule has 0 spiro atoms. The van der Waals surface area contributed by atoms with Crippen molar-refractivity contribution in [3.8, 4) is 0 Å².